The predicted molar refractivity (Wildman–Crippen MR) is 78.6 cm³/mol. The first-order valence-corrected chi connectivity index (χ1v) is 7.93. The summed E-state index contributed by atoms with van der Waals surface area (Å²) < 4.78 is 26.8. The Balaban J connectivity index is 3.04. The number of nitro groups is 1. The van der Waals surface area contributed by atoms with E-state index >= 15 is 0 Å². The molecule has 21 heavy (non-hydrogen) atoms. The Kier molecular flexibility index (Phi) is 4.95. The first-order chi connectivity index (χ1) is 9.47. The van der Waals surface area contributed by atoms with Crippen LogP contribution in [0.5, 0.6) is 5.75 Å². The van der Waals surface area contributed by atoms with E-state index < -0.39 is 26.4 Å². The second-order valence-corrected chi connectivity index (χ2v) is 7.64. The molecule has 0 fully saturated rings. The fourth-order valence-electron chi connectivity index (χ4n) is 1.39. The van der Waals surface area contributed by atoms with Crippen LogP contribution < -0.4 is 4.72 Å². The van der Waals surface area contributed by atoms with Crippen molar-refractivity contribution < 1.29 is 18.4 Å². The summed E-state index contributed by atoms with van der Waals surface area (Å²) in [6.07, 6.45) is 0. The monoisotopic (exact) mass is 316 g/mol. The van der Waals surface area contributed by atoms with Crippen LogP contribution in [0, 0.1) is 21.4 Å². The molecule has 1 aromatic rings. The largest absolute Gasteiger partial charge is 0.502 e. The van der Waals surface area contributed by atoms with Gasteiger partial charge in [-0.1, -0.05) is 27.7 Å². The van der Waals surface area contributed by atoms with Gasteiger partial charge in [0, 0.05) is 12.6 Å². The summed E-state index contributed by atoms with van der Waals surface area (Å²) in [5, 5.41) is 20.1. The summed E-state index contributed by atoms with van der Waals surface area (Å²) in [7, 11) is -3.87. The standard InChI is InChI=1S/C13H20N2O5S/c1-9(2)13(3,4)8-14-21(19,20)10-5-6-12(16)11(7-10)15(17)18/h5-7,9,14,16H,8H2,1-4H3. The number of hydrogen-bond donors (Lipinski definition) is 2. The molecule has 7 nitrogen and oxygen atoms in total. The van der Waals surface area contributed by atoms with E-state index in [2.05, 4.69) is 4.72 Å². The Hall–Kier alpha value is -1.67. The minimum atomic E-state index is -3.87. The van der Waals surface area contributed by atoms with E-state index in [1.807, 2.05) is 27.7 Å². The van der Waals surface area contributed by atoms with Crippen LogP contribution in [0.3, 0.4) is 0 Å². The number of phenols is 1. The van der Waals surface area contributed by atoms with Gasteiger partial charge in [-0.15, -0.1) is 0 Å². The zero-order valence-corrected chi connectivity index (χ0v) is 13.3. The van der Waals surface area contributed by atoms with E-state index in [9.17, 15) is 23.6 Å². The van der Waals surface area contributed by atoms with Crippen LogP contribution in [-0.2, 0) is 10.0 Å². The van der Waals surface area contributed by atoms with Gasteiger partial charge in [-0.05, 0) is 23.5 Å². The topological polar surface area (TPSA) is 110 Å². The van der Waals surface area contributed by atoms with Crippen LogP contribution >= 0.6 is 0 Å². The van der Waals surface area contributed by atoms with Gasteiger partial charge in [0.05, 0.1) is 9.82 Å². The average Bonchev–Trinajstić information content (AvgIpc) is 2.36. The lowest BCUT2D eigenvalue weighted by Crippen LogP contribution is -2.36. The van der Waals surface area contributed by atoms with Gasteiger partial charge in [-0.2, -0.15) is 0 Å². The van der Waals surface area contributed by atoms with Crippen molar-refractivity contribution in [2.24, 2.45) is 11.3 Å². The summed E-state index contributed by atoms with van der Waals surface area (Å²) in [5.41, 5.74) is -0.892. The van der Waals surface area contributed by atoms with Crippen LogP contribution in [-0.4, -0.2) is 25.0 Å². The molecule has 0 aliphatic heterocycles. The molecule has 0 atom stereocenters. The number of nitrogens with zero attached hydrogens (tertiary/aromatic N) is 1. The van der Waals surface area contributed by atoms with Crippen molar-refractivity contribution in [2.45, 2.75) is 32.6 Å². The van der Waals surface area contributed by atoms with Gasteiger partial charge < -0.3 is 5.11 Å². The van der Waals surface area contributed by atoms with E-state index in [1.54, 1.807) is 0 Å². The van der Waals surface area contributed by atoms with Crippen LogP contribution in [0.1, 0.15) is 27.7 Å². The third-order valence-corrected chi connectivity index (χ3v) is 5.13. The molecule has 0 saturated heterocycles. The van der Waals surface area contributed by atoms with E-state index in [-0.39, 0.29) is 22.8 Å². The van der Waals surface area contributed by atoms with Crippen molar-refractivity contribution in [3.63, 3.8) is 0 Å². The van der Waals surface area contributed by atoms with Gasteiger partial charge >= 0.3 is 5.69 Å². The molecular weight excluding hydrogens is 296 g/mol. The molecule has 0 bridgehead atoms. The molecule has 0 aliphatic rings. The maximum Gasteiger partial charge on any atom is 0.312 e. The van der Waals surface area contributed by atoms with Crippen LogP contribution in [0.25, 0.3) is 0 Å². The highest BCUT2D eigenvalue weighted by atomic mass is 32.2. The fraction of sp³-hybridized carbons (Fsp3) is 0.538. The van der Waals surface area contributed by atoms with Crippen LogP contribution in [0.2, 0.25) is 0 Å². The zero-order valence-electron chi connectivity index (χ0n) is 12.5. The Morgan fingerprint density at radius 1 is 1.38 bits per heavy atom. The van der Waals surface area contributed by atoms with Gasteiger partial charge in [0.2, 0.25) is 10.0 Å². The van der Waals surface area contributed by atoms with Crippen molar-refractivity contribution in [1.29, 1.82) is 0 Å². The third-order valence-electron chi connectivity index (χ3n) is 3.73. The highest BCUT2D eigenvalue weighted by Crippen LogP contribution is 2.29. The number of benzene rings is 1. The summed E-state index contributed by atoms with van der Waals surface area (Å²) in [6, 6.07) is 2.98. The van der Waals surface area contributed by atoms with Gasteiger partial charge in [0.1, 0.15) is 0 Å². The Bertz CT molecular complexity index is 638. The highest BCUT2D eigenvalue weighted by molar-refractivity contribution is 7.89. The first kappa shape index (κ1) is 17.4. The molecule has 0 unspecified atom stereocenters. The molecule has 8 heteroatoms. The van der Waals surface area contributed by atoms with Crippen LogP contribution in [0.15, 0.2) is 23.1 Å². The molecule has 0 saturated carbocycles. The van der Waals surface area contributed by atoms with Crippen LogP contribution in [0.4, 0.5) is 5.69 Å². The summed E-state index contributed by atoms with van der Waals surface area (Å²) in [4.78, 5) is 9.67. The average molecular weight is 316 g/mol. The minimum absolute atomic E-state index is 0.210. The normalized spacial score (nSPS) is 12.6. The third kappa shape index (κ3) is 4.15. The fourth-order valence-corrected chi connectivity index (χ4v) is 2.63. The summed E-state index contributed by atoms with van der Waals surface area (Å²) in [5.74, 6) is -0.309. The summed E-state index contributed by atoms with van der Waals surface area (Å²) in [6.45, 7) is 8.04. The molecule has 0 aromatic heterocycles. The maximum atomic E-state index is 12.2. The SMILES string of the molecule is CC(C)C(C)(C)CNS(=O)(=O)c1ccc(O)c([N+](=O)[O-])c1. The van der Waals surface area contributed by atoms with Gasteiger partial charge in [-0.25, -0.2) is 13.1 Å². The number of nitro benzene ring substituents is 1. The molecule has 2 N–H and O–H groups in total. The second-order valence-electron chi connectivity index (χ2n) is 5.88. The molecule has 0 amide bonds. The second kappa shape index (κ2) is 5.98. The van der Waals surface area contributed by atoms with Crippen molar-refractivity contribution in [3.05, 3.63) is 28.3 Å². The van der Waals surface area contributed by atoms with Crippen molar-refractivity contribution in [2.75, 3.05) is 6.54 Å². The van der Waals surface area contributed by atoms with E-state index in [4.69, 9.17) is 0 Å². The lowest BCUT2D eigenvalue weighted by Gasteiger charge is -2.29. The number of aromatic hydroxyl groups is 1. The van der Waals surface area contributed by atoms with Gasteiger partial charge in [0.25, 0.3) is 0 Å². The number of hydrogen-bond acceptors (Lipinski definition) is 5. The predicted octanol–water partition coefficient (Wildman–Crippen LogP) is 2.26. The maximum absolute atomic E-state index is 12.2. The van der Waals surface area contributed by atoms with E-state index in [0.29, 0.717) is 0 Å². The molecular formula is C13H20N2O5S. The Labute approximate surface area is 124 Å². The lowest BCUT2D eigenvalue weighted by molar-refractivity contribution is -0.386. The molecule has 0 spiro atoms. The number of phenolic OH excluding ortho intramolecular Hbond substituents is 1. The molecule has 0 aliphatic carbocycles. The zero-order chi connectivity index (χ0) is 16.4. The Morgan fingerprint density at radius 2 is 1.95 bits per heavy atom. The van der Waals surface area contributed by atoms with E-state index in [1.165, 1.54) is 0 Å². The van der Waals surface area contributed by atoms with Crippen molar-refractivity contribution in [3.8, 4) is 5.75 Å². The van der Waals surface area contributed by atoms with Crippen molar-refractivity contribution >= 4 is 15.7 Å². The number of nitrogens with one attached hydrogen (secondary N) is 1. The molecule has 118 valence electrons. The molecule has 1 rings (SSSR count). The smallest absolute Gasteiger partial charge is 0.312 e. The van der Waals surface area contributed by atoms with Gasteiger partial charge in [0.15, 0.2) is 5.75 Å². The minimum Gasteiger partial charge on any atom is -0.502 e. The van der Waals surface area contributed by atoms with Crippen molar-refractivity contribution in [1.82, 2.24) is 4.72 Å². The van der Waals surface area contributed by atoms with E-state index in [0.717, 1.165) is 18.2 Å². The Morgan fingerprint density at radius 3 is 2.43 bits per heavy atom. The van der Waals surface area contributed by atoms with Gasteiger partial charge in [-0.3, -0.25) is 10.1 Å². The quantitative estimate of drug-likeness (QED) is 0.618. The molecule has 0 heterocycles. The first-order valence-electron chi connectivity index (χ1n) is 6.44. The molecule has 0 radical (unpaired) electrons. The number of sulfonamides is 1. The summed E-state index contributed by atoms with van der Waals surface area (Å²) >= 11 is 0. The lowest BCUT2D eigenvalue weighted by atomic mass is 9.81. The molecule has 1 aromatic carbocycles. The highest BCUT2D eigenvalue weighted by Gasteiger charge is 2.26. The number of rotatable bonds is 6.